The molecule has 0 aromatic heterocycles. The molecule has 0 radical (unpaired) electrons. The summed E-state index contributed by atoms with van der Waals surface area (Å²) < 4.78 is 16.3. The van der Waals surface area contributed by atoms with Crippen molar-refractivity contribution in [2.24, 2.45) is 5.92 Å². The summed E-state index contributed by atoms with van der Waals surface area (Å²) in [6, 6.07) is 0. The van der Waals surface area contributed by atoms with Gasteiger partial charge in [-0.2, -0.15) is 0 Å². The van der Waals surface area contributed by atoms with Gasteiger partial charge in [0.25, 0.3) is 0 Å². The van der Waals surface area contributed by atoms with Gasteiger partial charge in [-0.25, -0.2) is 0 Å². The van der Waals surface area contributed by atoms with Gasteiger partial charge >= 0.3 is 0 Å². The van der Waals surface area contributed by atoms with E-state index in [2.05, 4.69) is 33.0 Å². The van der Waals surface area contributed by atoms with Crippen LogP contribution in [0.5, 0.6) is 0 Å². The molecule has 4 heteroatoms. The van der Waals surface area contributed by atoms with Gasteiger partial charge in [0.1, 0.15) is 0 Å². The van der Waals surface area contributed by atoms with Gasteiger partial charge in [0.05, 0.1) is 25.9 Å². The third-order valence-corrected chi connectivity index (χ3v) is 2.20. The number of nitrogens with one attached hydrogen (secondary N) is 1. The topological polar surface area (TPSA) is 39.7 Å². The maximum absolute atomic E-state index is 5.45. The van der Waals surface area contributed by atoms with E-state index in [4.69, 9.17) is 14.2 Å². The molecule has 0 amide bonds. The second-order valence-corrected chi connectivity index (χ2v) is 5.10. The maximum Gasteiger partial charge on any atom is 0.0701 e. The largest absolute Gasteiger partial charge is 0.379 e. The summed E-state index contributed by atoms with van der Waals surface area (Å²) in [5.41, 5.74) is 0. The van der Waals surface area contributed by atoms with Crippen LogP contribution in [0.2, 0.25) is 0 Å². The van der Waals surface area contributed by atoms with Crippen LogP contribution in [-0.2, 0) is 14.2 Å². The van der Waals surface area contributed by atoms with Crippen LogP contribution in [0, 0.1) is 5.92 Å². The number of hydrogen-bond acceptors (Lipinski definition) is 4. The lowest BCUT2D eigenvalue weighted by Gasteiger charge is -2.09. The Kier molecular flexibility index (Phi) is 13.2. The Hall–Kier alpha value is -0.160. The average Bonchev–Trinajstić information content (AvgIpc) is 2.29. The molecule has 1 N–H and O–H groups in total. The van der Waals surface area contributed by atoms with Crippen LogP contribution in [0.1, 0.15) is 34.1 Å². The van der Waals surface area contributed by atoms with Crippen molar-refractivity contribution in [3.8, 4) is 0 Å². The van der Waals surface area contributed by atoms with Crippen molar-refractivity contribution in [2.75, 3.05) is 46.1 Å². The highest BCUT2D eigenvalue weighted by Gasteiger charge is 1.95. The molecule has 0 atom stereocenters. The van der Waals surface area contributed by atoms with E-state index in [1.807, 2.05) is 0 Å². The predicted octanol–water partition coefficient (Wildman–Crippen LogP) is 2.08. The molecule has 0 saturated heterocycles. The molecule has 0 saturated carbocycles. The van der Waals surface area contributed by atoms with Crippen molar-refractivity contribution in [3.05, 3.63) is 0 Å². The van der Waals surface area contributed by atoms with Crippen molar-refractivity contribution < 1.29 is 14.2 Å². The van der Waals surface area contributed by atoms with Crippen molar-refractivity contribution in [3.63, 3.8) is 0 Å². The van der Waals surface area contributed by atoms with Crippen molar-refractivity contribution in [2.45, 2.75) is 40.2 Å². The molecule has 18 heavy (non-hydrogen) atoms. The first-order valence-electron chi connectivity index (χ1n) is 7.10. The van der Waals surface area contributed by atoms with E-state index in [9.17, 15) is 0 Å². The van der Waals surface area contributed by atoms with E-state index in [-0.39, 0.29) is 0 Å². The normalized spacial score (nSPS) is 11.7. The molecule has 0 aliphatic heterocycles. The molecular weight excluding hydrogens is 230 g/mol. The standard InChI is InChI=1S/C14H31NO3/c1-13(2)12-17-11-10-16-9-7-15-6-5-8-18-14(3)4/h13-15H,5-12H2,1-4H3. The molecule has 0 bridgehead atoms. The van der Waals surface area contributed by atoms with Gasteiger partial charge in [0.2, 0.25) is 0 Å². The van der Waals surface area contributed by atoms with Crippen molar-refractivity contribution in [1.82, 2.24) is 5.32 Å². The molecule has 0 aliphatic carbocycles. The minimum atomic E-state index is 0.333. The molecule has 0 unspecified atom stereocenters. The Morgan fingerprint density at radius 3 is 2.22 bits per heavy atom. The van der Waals surface area contributed by atoms with E-state index in [0.29, 0.717) is 25.2 Å². The molecule has 0 spiro atoms. The van der Waals surface area contributed by atoms with E-state index < -0.39 is 0 Å². The van der Waals surface area contributed by atoms with E-state index in [1.165, 1.54) is 0 Å². The van der Waals surface area contributed by atoms with Crippen LogP contribution in [0.25, 0.3) is 0 Å². The zero-order valence-electron chi connectivity index (χ0n) is 12.5. The van der Waals surface area contributed by atoms with Crippen molar-refractivity contribution in [1.29, 1.82) is 0 Å². The lowest BCUT2D eigenvalue weighted by atomic mass is 10.2. The summed E-state index contributed by atoms with van der Waals surface area (Å²) >= 11 is 0. The summed E-state index contributed by atoms with van der Waals surface area (Å²) in [6.45, 7) is 14.1. The van der Waals surface area contributed by atoms with E-state index in [1.54, 1.807) is 0 Å². The Labute approximate surface area is 112 Å². The highest BCUT2D eigenvalue weighted by atomic mass is 16.5. The first-order valence-corrected chi connectivity index (χ1v) is 7.10. The fourth-order valence-electron chi connectivity index (χ4n) is 1.32. The highest BCUT2D eigenvalue weighted by molar-refractivity contribution is 4.47. The molecule has 0 aromatic rings. The zero-order chi connectivity index (χ0) is 13.6. The van der Waals surface area contributed by atoms with Gasteiger partial charge in [-0.05, 0) is 32.7 Å². The molecule has 0 fully saturated rings. The van der Waals surface area contributed by atoms with Gasteiger partial charge in [-0.1, -0.05) is 13.8 Å². The van der Waals surface area contributed by atoms with E-state index in [0.717, 1.165) is 39.3 Å². The summed E-state index contributed by atoms with van der Waals surface area (Å²) in [5.74, 6) is 0.597. The first kappa shape index (κ1) is 17.8. The van der Waals surface area contributed by atoms with Crippen LogP contribution < -0.4 is 5.32 Å². The van der Waals surface area contributed by atoms with Gasteiger partial charge in [-0.3, -0.25) is 0 Å². The predicted molar refractivity (Wildman–Crippen MR) is 75.1 cm³/mol. The Morgan fingerprint density at radius 1 is 0.833 bits per heavy atom. The Bertz CT molecular complexity index is 145. The van der Waals surface area contributed by atoms with Crippen LogP contribution >= 0.6 is 0 Å². The Morgan fingerprint density at radius 2 is 1.56 bits per heavy atom. The monoisotopic (exact) mass is 261 g/mol. The van der Waals surface area contributed by atoms with Crippen LogP contribution in [0.4, 0.5) is 0 Å². The maximum atomic E-state index is 5.45. The average molecular weight is 261 g/mol. The summed E-state index contributed by atoms with van der Waals surface area (Å²) in [6.07, 6.45) is 1.38. The second kappa shape index (κ2) is 13.3. The fourth-order valence-corrected chi connectivity index (χ4v) is 1.32. The molecule has 0 heterocycles. The van der Waals surface area contributed by atoms with Crippen molar-refractivity contribution >= 4 is 0 Å². The molecule has 0 aliphatic rings. The zero-order valence-corrected chi connectivity index (χ0v) is 12.5. The highest BCUT2D eigenvalue weighted by Crippen LogP contribution is 1.91. The SMILES string of the molecule is CC(C)COCCOCCNCCCOC(C)C. The molecule has 4 nitrogen and oxygen atoms in total. The van der Waals surface area contributed by atoms with Gasteiger partial charge in [-0.15, -0.1) is 0 Å². The lowest BCUT2D eigenvalue weighted by Crippen LogP contribution is -2.23. The first-order chi connectivity index (χ1) is 8.63. The third-order valence-electron chi connectivity index (χ3n) is 2.20. The smallest absolute Gasteiger partial charge is 0.0701 e. The minimum absolute atomic E-state index is 0.333. The molecule has 0 aromatic carbocycles. The molecular formula is C14H31NO3. The van der Waals surface area contributed by atoms with Crippen LogP contribution in [0.3, 0.4) is 0 Å². The summed E-state index contributed by atoms with van der Waals surface area (Å²) in [7, 11) is 0. The molecule has 0 rings (SSSR count). The van der Waals surface area contributed by atoms with Crippen LogP contribution in [-0.4, -0.2) is 52.2 Å². The fraction of sp³-hybridized carbons (Fsp3) is 1.00. The summed E-state index contributed by atoms with van der Waals surface area (Å²) in [5, 5.41) is 3.32. The van der Waals surface area contributed by atoms with Crippen LogP contribution in [0.15, 0.2) is 0 Å². The minimum Gasteiger partial charge on any atom is -0.379 e. The van der Waals surface area contributed by atoms with Gasteiger partial charge < -0.3 is 19.5 Å². The Balaban J connectivity index is 2.95. The summed E-state index contributed by atoms with van der Waals surface area (Å²) in [4.78, 5) is 0. The van der Waals surface area contributed by atoms with Gasteiger partial charge in [0.15, 0.2) is 0 Å². The number of ether oxygens (including phenoxy) is 3. The second-order valence-electron chi connectivity index (χ2n) is 5.10. The van der Waals surface area contributed by atoms with E-state index >= 15 is 0 Å². The quantitative estimate of drug-likeness (QED) is 0.515. The van der Waals surface area contributed by atoms with Gasteiger partial charge in [0, 0.05) is 19.8 Å². The third kappa shape index (κ3) is 15.8. The molecule has 110 valence electrons. The number of rotatable bonds is 13. The lowest BCUT2D eigenvalue weighted by molar-refractivity contribution is 0.0384. The number of hydrogen-bond donors (Lipinski definition) is 1.